The zero-order valence-electron chi connectivity index (χ0n) is 14.2. The Morgan fingerprint density at radius 3 is 2.58 bits per heavy atom. The quantitative estimate of drug-likeness (QED) is 0.858. The fourth-order valence-corrected chi connectivity index (χ4v) is 3.05. The zero-order chi connectivity index (χ0) is 17.2. The third-order valence-electron chi connectivity index (χ3n) is 4.36. The van der Waals surface area contributed by atoms with Gasteiger partial charge in [0.05, 0.1) is 25.0 Å². The number of rotatable bonds is 4. The van der Waals surface area contributed by atoms with E-state index in [0.29, 0.717) is 12.4 Å². The van der Waals surface area contributed by atoms with Crippen molar-refractivity contribution < 1.29 is 13.9 Å². The van der Waals surface area contributed by atoms with E-state index in [0.717, 1.165) is 5.56 Å². The number of ether oxygens (including phenoxy) is 2. The van der Waals surface area contributed by atoms with Crippen LogP contribution in [-0.4, -0.2) is 30.4 Å². The van der Waals surface area contributed by atoms with Crippen molar-refractivity contribution in [3.8, 4) is 6.07 Å². The molecule has 0 saturated carbocycles. The first-order valence-electron chi connectivity index (χ1n) is 8.03. The van der Waals surface area contributed by atoms with Crippen molar-refractivity contribution in [2.75, 3.05) is 13.7 Å². The normalized spacial score (nSPS) is 24.5. The van der Waals surface area contributed by atoms with Gasteiger partial charge in [0.1, 0.15) is 11.9 Å². The molecule has 3 rings (SSSR count). The van der Waals surface area contributed by atoms with Gasteiger partial charge in [-0.25, -0.2) is 0 Å². The number of nitriles is 1. The topological polar surface area (TPSA) is 58.6 Å². The summed E-state index contributed by atoms with van der Waals surface area (Å²) in [5, 5.41) is 9.63. The van der Waals surface area contributed by atoms with Crippen LogP contribution in [0.15, 0.2) is 53.1 Å². The van der Waals surface area contributed by atoms with Gasteiger partial charge in [-0.2, -0.15) is 5.26 Å². The van der Waals surface area contributed by atoms with Gasteiger partial charge in [0.25, 0.3) is 0 Å². The summed E-state index contributed by atoms with van der Waals surface area (Å²) in [4.78, 5) is 1.96. The Morgan fingerprint density at radius 2 is 1.96 bits per heavy atom. The minimum Gasteiger partial charge on any atom is -0.467 e. The van der Waals surface area contributed by atoms with Crippen LogP contribution in [0, 0.1) is 11.3 Å². The summed E-state index contributed by atoms with van der Waals surface area (Å²) in [6, 6.07) is 15.4. The van der Waals surface area contributed by atoms with Crippen LogP contribution in [-0.2, 0) is 9.47 Å². The van der Waals surface area contributed by atoms with E-state index < -0.39 is 11.8 Å². The molecule has 0 amide bonds. The first kappa shape index (κ1) is 16.7. The maximum absolute atomic E-state index is 9.63. The van der Waals surface area contributed by atoms with Crippen molar-refractivity contribution in [1.29, 1.82) is 5.26 Å². The predicted molar refractivity (Wildman–Crippen MR) is 88.9 cm³/mol. The van der Waals surface area contributed by atoms with E-state index in [2.05, 4.69) is 6.07 Å². The first-order chi connectivity index (χ1) is 11.5. The molecule has 0 aliphatic carbocycles. The number of hydrogen-bond acceptors (Lipinski definition) is 5. The Bertz CT molecular complexity index is 691. The molecule has 126 valence electrons. The first-order valence-corrected chi connectivity index (χ1v) is 8.03. The van der Waals surface area contributed by atoms with Gasteiger partial charge in [-0.05, 0) is 38.6 Å². The number of hydrogen-bond donors (Lipinski definition) is 0. The molecule has 5 nitrogen and oxygen atoms in total. The fraction of sp³-hybridized carbons (Fsp3) is 0.421. The Kier molecular flexibility index (Phi) is 4.72. The summed E-state index contributed by atoms with van der Waals surface area (Å²) in [6.07, 6.45) is 1.39. The molecule has 0 radical (unpaired) electrons. The van der Waals surface area contributed by atoms with E-state index in [9.17, 15) is 5.26 Å². The van der Waals surface area contributed by atoms with Gasteiger partial charge in [-0.3, -0.25) is 4.90 Å². The third-order valence-corrected chi connectivity index (χ3v) is 4.36. The summed E-state index contributed by atoms with van der Waals surface area (Å²) in [6.45, 7) is 4.29. The third kappa shape index (κ3) is 3.36. The highest BCUT2D eigenvalue weighted by molar-refractivity contribution is 5.21. The smallest absolute Gasteiger partial charge is 0.163 e. The van der Waals surface area contributed by atoms with Crippen molar-refractivity contribution in [2.24, 2.45) is 0 Å². The van der Waals surface area contributed by atoms with Crippen molar-refractivity contribution in [3.05, 3.63) is 60.1 Å². The molecule has 1 unspecified atom stereocenters. The molecule has 3 atom stereocenters. The van der Waals surface area contributed by atoms with Crippen molar-refractivity contribution in [1.82, 2.24) is 4.90 Å². The number of nitrogens with zero attached hydrogens (tertiary/aromatic N) is 2. The lowest BCUT2D eigenvalue weighted by Crippen LogP contribution is -2.51. The zero-order valence-corrected chi connectivity index (χ0v) is 14.2. The molecular formula is C19H22N2O3. The van der Waals surface area contributed by atoms with E-state index in [-0.39, 0.29) is 12.1 Å². The monoisotopic (exact) mass is 326 g/mol. The maximum atomic E-state index is 9.63. The van der Waals surface area contributed by atoms with Crippen molar-refractivity contribution in [2.45, 2.75) is 37.8 Å². The number of likely N-dealkylation sites (N-methyl/N-ethyl adjacent to an activating group) is 1. The average Bonchev–Trinajstić information content (AvgIpc) is 3.09. The molecule has 1 aromatic carbocycles. The lowest BCUT2D eigenvalue weighted by atomic mass is 9.98. The average molecular weight is 326 g/mol. The SMILES string of the molecule is CN(C(C#N)c1ccco1)[C@H]1COC(C)(C)O[C@H]1c1ccccc1. The minimum absolute atomic E-state index is 0.102. The van der Waals surface area contributed by atoms with Gasteiger partial charge in [0.2, 0.25) is 0 Å². The Hall–Kier alpha value is -2.13. The molecule has 1 fully saturated rings. The maximum Gasteiger partial charge on any atom is 0.163 e. The summed E-state index contributed by atoms with van der Waals surface area (Å²) < 4.78 is 17.5. The van der Waals surface area contributed by atoms with Crippen LogP contribution in [0.2, 0.25) is 0 Å². The second kappa shape index (κ2) is 6.78. The van der Waals surface area contributed by atoms with E-state index in [1.165, 1.54) is 0 Å². The van der Waals surface area contributed by atoms with E-state index in [1.54, 1.807) is 12.3 Å². The van der Waals surface area contributed by atoms with Crippen LogP contribution in [0.1, 0.15) is 37.3 Å². The molecule has 2 heterocycles. The van der Waals surface area contributed by atoms with Crippen LogP contribution in [0.5, 0.6) is 0 Å². The van der Waals surface area contributed by atoms with Crippen molar-refractivity contribution >= 4 is 0 Å². The summed E-state index contributed by atoms with van der Waals surface area (Å²) >= 11 is 0. The van der Waals surface area contributed by atoms with Gasteiger partial charge in [0, 0.05) is 0 Å². The van der Waals surface area contributed by atoms with Gasteiger partial charge >= 0.3 is 0 Å². The second-order valence-corrected chi connectivity index (χ2v) is 6.44. The Balaban J connectivity index is 1.90. The summed E-state index contributed by atoms with van der Waals surface area (Å²) in [7, 11) is 1.90. The molecule has 0 spiro atoms. The molecule has 2 aromatic rings. The van der Waals surface area contributed by atoms with Crippen LogP contribution in [0.25, 0.3) is 0 Å². The lowest BCUT2D eigenvalue weighted by Gasteiger charge is -2.45. The molecule has 5 heteroatoms. The summed E-state index contributed by atoms with van der Waals surface area (Å²) in [5.74, 6) is -0.0401. The second-order valence-electron chi connectivity index (χ2n) is 6.44. The van der Waals surface area contributed by atoms with Crippen LogP contribution < -0.4 is 0 Å². The highest BCUT2D eigenvalue weighted by Gasteiger charge is 2.41. The van der Waals surface area contributed by atoms with Gasteiger partial charge in [0.15, 0.2) is 11.8 Å². The van der Waals surface area contributed by atoms with Crippen LogP contribution >= 0.6 is 0 Å². The minimum atomic E-state index is -0.662. The van der Waals surface area contributed by atoms with Crippen LogP contribution in [0.4, 0.5) is 0 Å². The molecule has 1 aromatic heterocycles. The van der Waals surface area contributed by atoms with Gasteiger partial charge in [-0.1, -0.05) is 30.3 Å². The Labute approximate surface area is 142 Å². The van der Waals surface area contributed by atoms with Gasteiger partial charge < -0.3 is 13.9 Å². The number of benzene rings is 1. The number of furan rings is 1. The molecule has 0 N–H and O–H groups in total. The highest BCUT2D eigenvalue weighted by Crippen LogP contribution is 2.37. The van der Waals surface area contributed by atoms with Crippen LogP contribution in [0.3, 0.4) is 0 Å². The lowest BCUT2D eigenvalue weighted by molar-refractivity contribution is -0.297. The van der Waals surface area contributed by atoms with Crippen molar-refractivity contribution in [3.63, 3.8) is 0 Å². The van der Waals surface area contributed by atoms with E-state index in [1.807, 2.05) is 62.2 Å². The van der Waals surface area contributed by atoms with E-state index in [4.69, 9.17) is 13.9 Å². The molecular weight excluding hydrogens is 304 g/mol. The van der Waals surface area contributed by atoms with E-state index >= 15 is 0 Å². The van der Waals surface area contributed by atoms with Gasteiger partial charge in [-0.15, -0.1) is 0 Å². The molecule has 0 bridgehead atoms. The molecule has 24 heavy (non-hydrogen) atoms. The predicted octanol–water partition coefficient (Wildman–Crippen LogP) is 3.67. The Morgan fingerprint density at radius 1 is 1.21 bits per heavy atom. The molecule has 1 saturated heterocycles. The highest BCUT2D eigenvalue weighted by atomic mass is 16.7. The molecule has 1 aliphatic heterocycles. The fourth-order valence-electron chi connectivity index (χ4n) is 3.05. The molecule has 1 aliphatic rings. The largest absolute Gasteiger partial charge is 0.467 e. The standard InChI is InChI=1S/C19H22N2O3/c1-19(2)23-13-16(18(24-19)14-8-5-4-6-9-14)21(3)15(12-20)17-10-7-11-22-17/h4-11,15-16,18H,13H2,1-3H3/t15?,16-,18-/m0/s1. The summed E-state index contributed by atoms with van der Waals surface area (Å²) in [5.41, 5.74) is 1.07.